The van der Waals surface area contributed by atoms with E-state index >= 15 is 0 Å². The van der Waals surface area contributed by atoms with Crippen LogP contribution in [0, 0.1) is 6.92 Å². The molecule has 1 aromatic carbocycles. The Labute approximate surface area is 157 Å². The first-order chi connectivity index (χ1) is 12.6. The van der Waals surface area contributed by atoms with Crippen molar-refractivity contribution in [2.24, 2.45) is 0 Å². The standard InChI is InChI=1S/C19H21N5OS/c1-4-24-17(15-6-5-11-20-12-15)22-23-19(24)26-14(3)18(25)21-16-9-7-13(2)8-10-16/h5-12,14H,4H2,1-3H3,(H,21,25)/t14-/m1/s1. The number of hydrogen-bond donors (Lipinski definition) is 1. The van der Waals surface area contributed by atoms with Crippen molar-refractivity contribution in [2.75, 3.05) is 5.32 Å². The summed E-state index contributed by atoms with van der Waals surface area (Å²) in [5.74, 6) is 0.696. The van der Waals surface area contributed by atoms with Gasteiger partial charge in [-0.3, -0.25) is 9.78 Å². The van der Waals surface area contributed by atoms with Gasteiger partial charge in [-0.25, -0.2) is 0 Å². The molecule has 0 saturated carbocycles. The van der Waals surface area contributed by atoms with Crippen molar-refractivity contribution in [3.8, 4) is 11.4 Å². The van der Waals surface area contributed by atoms with E-state index in [9.17, 15) is 4.79 Å². The number of nitrogens with one attached hydrogen (secondary N) is 1. The first-order valence-corrected chi connectivity index (χ1v) is 9.34. The average Bonchev–Trinajstić information content (AvgIpc) is 3.06. The summed E-state index contributed by atoms with van der Waals surface area (Å²) in [6.07, 6.45) is 3.49. The summed E-state index contributed by atoms with van der Waals surface area (Å²) in [5, 5.41) is 11.9. The number of benzene rings is 1. The lowest BCUT2D eigenvalue weighted by Gasteiger charge is -2.13. The molecule has 0 aliphatic heterocycles. The van der Waals surface area contributed by atoms with Crippen LogP contribution in [-0.2, 0) is 11.3 Å². The van der Waals surface area contributed by atoms with Crippen molar-refractivity contribution >= 4 is 23.4 Å². The van der Waals surface area contributed by atoms with Crippen molar-refractivity contribution < 1.29 is 4.79 Å². The highest BCUT2D eigenvalue weighted by molar-refractivity contribution is 8.00. The minimum atomic E-state index is -0.299. The van der Waals surface area contributed by atoms with E-state index in [0.717, 1.165) is 27.8 Å². The molecule has 0 unspecified atom stereocenters. The number of nitrogens with zero attached hydrogens (tertiary/aromatic N) is 4. The van der Waals surface area contributed by atoms with Crippen LogP contribution < -0.4 is 5.32 Å². The Balaban J connectivity index is 1.73. The van der Waals surface area contributed by atoms with E-state index in [2.05, 4.69) is 20.5 Å². The minimum Gasteiger partial charge on any atom is -0.325 e. The Bertz CT molecular complexity index is 877. The molecule has 6 nitrogen and oxygen atoms in total. The summed E-state index contributed by atoms with van der Waals surface area (Å²) in [7, 11) is 0. The number of aryl methyl sites for hydroxylation is 1. The highest BCUT2D eigenvalue weighted by Gasteiger charge is 2.20. The van der Waals surface area contributed by atoms with Gasteiger partial charge in [0.1, 0.15) is 0 Å². The molecular weight excluding hydrogens is 346 g/mol. The van der Waals surface area contributed by atoms with Crippen LogP contribution in [0.4, 0.5) is 5.69 Å². The minimum absolute atomic E-state index is 0.0626. The van der Waals surface area contributed by atoms with Crippen LogP contribution >= 0.6 is 11.8 Å². The van der Waals surface area contributed by atoms with Gasteiger partial charge < -0.3 is 9.88 Å². The van der Waals surface area contributed by atoms with Crippen molar-refractivity contribution in [1.82, 2.24) is 19.7 Å². The molecule has 0 spiro atoms. The van der Waals surface area contributed by atoms with Crippen molar-refractivity contribution in [3.63, 3.8) is 0 Å². The molecule has 0 fully saturated rings. The molecule has 1 N–H and O–H groups in total. The maximum absolute atomic E-state index is 12.5. The highest BCUT2D eigenvalue weighted by atomic mass is 32.2. The van der Waals surface area contributed by atoms with Gasteiger partial charge in [-0.2, -0.15) is 0 Å². The molecule has 26 heavy (non-hydrogen) atoms. The predicted octanol–water partition coefficient (Wildman–Crippen LogP) is 3.79. The van der Waals surface area contributed by atoms with Gasteiger partial charge in [-0.05, 0) is 45.0 Å². The molecule has 134 valence electrons. The number of amides is 1. The van der Waals surface area contributed by atoms with Crippen LogP contribution in [0.25, 0.3) is 11.4 Å². The Kier molecular flexibility index (Phi) is 5.68. The summed E-state index contributed by atoms with van der Waals surface area (Å²) < 4.78 is 2.00. The molecule has 3 rings (SSSR count). The number of rotatable bonds is 6. The van der Waals surface area contributed by atoms with E-state index in [0.29, 0.717) is 6.54 Å². The lowest BCUT2D eigenvalue weighted by molar-refractivity contribution is -0.115. The van der Waals surface area contributed by atoms with Gasteiger partial charge in [0.25, 0.3) is 0 Å². The van der Waals surface area contributed by atoms with E-state index in [-0.39, 0.29) is 11.2 Å². The van der Waals surface area contributed by atoms with Crippen LogP contribution in [0.2, 0.25) is 0 Å². The lowest BCUT2D eigenvalue weighted by atomic mass is 10.2. The summed E-state index contributed by atoms with van der Waals surface area (Å²) in [4.78, 5) is 16.6. The van der Waals surface area contributed by atoms with E-state index in [1.807, 2.05) is 61.7 Å². The van der Waals surface area contributed by atoms with Crippen LogP contribution in [0.5, 0.6) is 0 Å². The molecule has 0 radical (unpaired) electrons. The number of aromatic nitrogens is 4. The quantitative estimate of drug-likeness (QED) is 0.671. The van der Waals surface area contributed by atoms with E-state index < -0.39 is 0 Å². The Morgan fingerprint density at radius 3 is 2.65 bits per heavy atom. The van der Waals surface area contributed by atoms with Crippen molar-refractivity contribution in [1.29, 1.82) is 0 Å². The van der Waals surface area contributed by atoms with E-state index in [1.54, 1.807) is 12.4 Å². The smallest absolute Gasteiger partial charge is 0.237 e. The van der Waals surface area contributed by atoms with E-state index in [1.165, 1.54) is 11.8 Å². The largest absolute Gasteiger partial charge is 0.325 e. The molecule has 3 aromatic rings. The second-order valence-electron chi connectivity index (χ2n) is 5.91. The van der Waals surface area contributed by atoms with E-state index in [4.69, 9.17) is 0 Å². The van der Waals surface area contributed by atoms with Crippen LogP contribution in [0.15, 0.2) is 53.9 Å². The summed E-state index contributed by atoms with van der Waals surface area (Å²) >= 11 is 1.40. The molecule has 7 heteroatoms. The average molecular weight is 367 g/mol. The first kappa shape index (κ1) is 18.1. The predicted molar refractivity (Wildman–Crippen MR) is 104 cm³/mol. The monoisotopic (exact) mass is 367 g/mol. The topological polar surface area (TPSA) is 72.7 Å². The second kappa shape index (κ2) is 8.14. The fourth-order valence-electron chi connectivity index (χ4n) is 2.46. The number of carbonyl (C=O) groups excluding carboxylic acids is 1. The van der Waals surface area contributed by atoms with Crippen molar-refractivity contribution in [2.45, 2.75) is 37.7 Å². The third-order valence-corrected chi connectivity index (χ3v) is 5.00. The van der Waals surface area contributed by atoms with Gasteiger partial charge in [-0.1, -0.05) is 29.5 Å². The molecule has 2 aromatic heterocycles. The maximum atomic E-state index is 12.5. The molecule has 1 amide bonds. The number of hydrogen-bond acceptors (Lipinski definition) is 5. The third-order valence-electron chi connectivity index (χ3n) is 3.92. The molecular formula is C19H21N5OS. The first-order valence-electron chi connectivity index (χ1n) is 8.46. The highest BCUT2D eigenvalue weighted by Crippen LogP contribution is 2.27. The number of pyridine rings is 1. The fourth-order valence-corrected chi connectivity index (χ4v) is 3.37. The summed E-state index contributed by atoms with van der Waals surface area (Å²) in [5.41, 5.74) is 2.86. The zero-order valence-electron chi connectivity index (χ0n) is 15.0. The van der Waals surface area contributed by atoms with Gasteiger partial charge in [0, 0.05) is 30.2 Å². The molecule has 2 heterocycles. The molecule has 0 bridgehead atoms. The van der Waals surface area contributed by atoms with Gasteiger partial charge in [0.2, 0.25) is 5.91 Å². The fraction of sp³-hybridized carbons (Fsp3) is 0.263. The van der Waals surface area contributed by atoms with Gasteiger partial charge in [0.05, 0.1) is 5.25 Å². The number of carbonyl (C=O) groups is 1. The van der Waals surface area contributed by atoms with Crippen LogP contribution in [-0.4, -0.2) is 30.9 Å². The summed E-state index contributed by atoms with van der Waals surface area (Å²) in [6, 6.07) is 11.6. The zero-order chi connectivity index (χ0) is 18.5. The van der Waals surface area contributed by atoms with Gasteiger partial charge in [0.15, 0.2) is 11.0 Å². The normalized spacial score (nSPS) is 12.0. The van der Waals surface area contributed by atoms with Crippen LogP contribution in [0.3, 0.4) is 0 Å². The lowest BCUT2D eigenvalue weighted by Crippen LogP contribution is -2.22. The maximum Gasteiger partial charge on any atom is 0.237 e. The van der Waals surface area contributed by atoms with Crippen LogP contribution in [0.1, 0.15) is 19.4 Å². The molecule has 1 atom stereocenters. The second-order valence-corrected chi connectivity index (χ2v) is 7.22. The van der Waals surface area contributed by atoms with Gasteiger partial charge >= 0.3 is 0 Å². The zero-order valence-corrected chi connectivity index (χ0v) is 15.8. The third kappa shape index (κ3) is 4.11. The Morgan fingerprint density at radius 2 is 2.00 bits per heavy atom. The SMILES string of the molecule is CCn1c(S[C@H](C)C(=O)Nc2ccc(C)cc2)nnc1-c1cccnc1. The molecule has 0 aliphatic rings. The van der Waals surface area contributed by atoms with Gasteiger partial charge in [-0.15, -0.1) is 10.2 Å². The number of thioether (sulfide) groups is 1. The molecule has 0 saturated heterocycles. The summed E-state index contributed by atoms with van der Waals surface area (Å²) in [6.45, 7) is 6.63. The molecule has 0 aliphatic carbocycles. The van der Waals surface area contributed by atoms with Crippen molar-refractivity contribution in [3.05, 3.63) is 54.4 Å². The Hall–Kier alpha value is -2.67. The number of anilines is 1. The Morgan fingerprint density at radius 1 is 1.23 bits per heavy atom.